The Hall–Kier alpha value is -1.45. The number of nitrogens with one attached hydrogen (secondary N) is 1. The van der Waals surface area contributed by atoms with Crippen LogP contribution in [0.3, 0.4) is 0 Å². The van der Waals surface area contributed by atoms with Gasteiger partial charge >= 0.3 is 0 Å². The Balaban J connectivity index is 1.69. The molecule has 0 fully saturated rings. The van der Waals surface area contributed by atoms with Gasteiger partial charge in [-0.1, -0.05) is 42.5 Å². The quantitative estimate of drug-likeness (QED) is 0.469. The predicted octanol–water partition coefficient (Wildman–Crippen LogP) is 3.92. The molecule has 19 heavy (non-hydrogen) atoms. The second-order valence-corrected chi connectivity index (χ2v) is 5.08. The first-order valence-corrected chi connectivity index (χ1v) is 7.69. The molecule has 1 N–H and O–H groups in total. The van der Waals surface area contributed by atoms with Gasteiger partial charge in [0, 0.05) is 6.54 Å². The molecule has 0 heterocycles. The molecule has 0 amide bonds. The van der Waals surface area contributed by atoms with Gasteiger partial charge in [-0.15, -0.1) is 11.8 Å². The molecule has 0 atom stereocenters. The fourth-order valence-electron chi connectivity index (χ4n) is 1.84. The van der Waals surface area contributed by atoms with Gasteiger partial charge in [0.1, 0.15) is 0 Å². The first kappa shape index (κ1) is 14.0. The van der Waals surface area contributed by atoms with Gasteiger partial charge in [0.25, 0.3) is 0 Å². The number of hydrogen-bond donors (Lipinski definition) is 1. The van der Waals surface area contributed by atoms with Crippen molar-refractivity contribution in [3.05, 3.63) is 60.2 Å². The summed E-state index contributed by atoms with van der Waals surface area (Å²) in [5.74, 6) is 0.898. The van der Waals surface area contributed by atoms with Crippen molar-refractivity contribution in [1.29, 1.82) is 0 Å². The lowest BCUT2D eigenvalue weighted by atomic mass is 10.1. The molecule has 0 aliphatic carbocycles. The van der Waals surface area contributed by atoms with Crippen LogP contribution in [0.1, 0.15) is 12.0 Å². The van der Waals surface area contributed by atoms with Crippen LogP contribution in [0.5, 0.6) is 5.75 Å². The first-order valence-electron chi connectivity index (χ1n) is 6.47. The summed E-state index contributed by atoms with van der Waals surface area (Å²) in [4.78, 5) is 6.75. The van der Waals surface area contributed by atoms with Crippen LogP contribution < -0.4 is 10.3 Å². The lowest BCUT2D eigenvalue weighted by Gasteiger charge is -2.10. The van der Waals surface area contributed by atoms with E-state index in [0.29, 0.717) is 0 Å². The highest BCUT2D eigenvalue weighted by molar-refractivity contribution is 7.98. The summed E-state index contributed by atoms with van der Waals surface area (Å²) in [5, 5.41) is 0. The Morgan fingerprint density at radius 1 is 1.00 bits per heavy atom. The summed E-state index contributed by atoms with van der Waals surface area (Å²) in [6.45, 7) is 0.845. The maximum Gasteiger partial charge on any atom is 0.160 e. The van der Waals surface area contributed by atoms with Crippen molar-refractivity contribution in [2.45, 2.75) is 17.7 Å². The summed E-state index contributed by atoms with van der Waals surface area (Å²) >= 11 is 1.69. The molecule has 0 radical (unpaired) electrons. The van der Waals surface area contributed by atoms with E-state index >= 15 is 0 Å². The number of aryl methyl sites for hydroxylation is 1. The zero-order chi connectivity index (χ0) is 13.3. The average molecular weight is 273 g/mol. The van der Waals surface area contributed by atoms with Gasteiger partial charge in [0.2, 0.25) is 0 Å². The summed E-state index contributed by atoms with van der Waals surface area (Å²) < 4.78 is 0. The molecule has 0 aliphatic heterocycles. The number of rotatable bonds is 7. The minimum absolute atomic E-state index is 0.845. The minimum atomic E-state index is 0.845. The Labute approximate surface area is 119 Å². The Morgan fingerprint density at radius 3 is 2.53 bits per heavy atom. The van der Waals surface area contributed by atoms with Crippen LogP contribution in [-0.4, -0.2) is 12.8 Å². The van der Waals surface area contributed by atoms with Gasteiger partial charge in [0.15, 0.2) is 5.75 Å². The average Bonchev–Trinajstić information content (AvgIpc) is 2.48. The van der Waals surface area contributed by atoms with Crippen molar-refractivity contribution in [2.24, 2.45) is 0 Å². The van der Waals surface area contributed by atoms with Gasteiger partial charge in [-0.25, -0.2) is 0 Å². The van der Waals surface area contributed by atoms with E-state index < -0.39 is 0 Å². The fraction of sp³-hybridized carbons (Fsp3) is 0.250. The van der Waals surface area contributed by atoms with Crippen molar-refractivity contribution in [3.8, 4) is 5.75 Å². The SMILES string of the molecule is CSc1ccccc1ONCCCc1ccccc1. The molecular formula is C16H19NOS. The summed E-state index contributed by atoms with van der Waals surface area (Å²) in [5.41, 5.74) is 4.40. The van der Waals surface area contributed by atoms with Crippen molar-refractivity contribution >= 4 is 11.8 Å². The van der Waals surface area contributed by atoms with E-state index in [4.69, 9.17) is 4.84 Å². The highest BCUT2D eigenvalue weighted by atomic mass is 32.2. The zero-order valence-electron chi connectivity index (χ0n) is 11.1. The van der Waals surface area contributed by atoms with Crippen LogP contribution in [0.25, 0.3) is 0 Å². The topological polar surface area (TPSA) is 21.3 Å². The van der Waals surface area contributed by atoms with E-state index in [0.717, 1.165) is 30.0 Å². The van der Waals surface area contributed by atoms with Crippen molar-refractivity contribution < 1.29 is 4.84 Å². The molecule has 100 valence electrons. The van der Waals surface area contributed by atoms with E-state index in [2.05, 4.69) is 42.1 Å². The van der Waals surface area contributed by atoms with Crippen LogP contribution in [-0.2, 0) is 6.42 Å². The standard InChI is InChI=1S/C16H19NOS/c1-19-16-12-6-5-11-15(16)18-17-13-7-10-14-8-3-2-4-9-14/h2-6,8-9,11-12,17H,7,10,13H2,1H3. The molecule has 0 aliphatic rings. The Morgan fingerprint density at radius 2 is 1.74 bits per heavy atom. The monoisotopic (exact) mass is 273 g/mol. The normalized spacial score (nSPS) is 10.4. The predicted molar refractivity (Wildman–Crippen MR) is 81.6 cm³/mol. The number of hydroxylamine groups is 1. The second kappa shape index (κ2) is 7.87. The van der Waals surface area contributed by atoms with E-state index in [1.807, 2.05) is 24.3 Å². The highest BCUT2D eigenvalue weighted by Crippen LogP contribution is 2.26. The summed E-state index contributed by atoms with van der Waals surface area (Å²) in [6, 6.07) is 18.6. The van der Waals surface area contributed by atoms with Gasteiger partial charge in [-0.2, -0.15) is 5.48 Å². The first-order chi connectivity index (χ1) is 9.40. The molecular weight excluding hydrogens is 254 g/mol. The molecule has 0 unspecified atom stereocenters. The van der Waals surface area contributed by atoms with Gasteiger partial charge < -0.3 is 4.84 Å². The smallest absolute Gasteiger partial charge is 0.160 e. The number of benzene rings is 2. The molecule has 2 rings (SSSR count). The van der Waals surface area contributed by atoms with Crippen molar-refractivity contribution in [2.75, 3.05) is 12.8 Å². The number of para-hydroxylation sites is 1. The van der Waals surface area contributed by atoms with Crippen molar-refractivity contribution in [3.63, 3.8) is 0 Å². The molecule has 2 aromatic rings. The molecule has 3 heteroatoms. The van der Waals surface area contributed by atoms with Crippen LogP contribution in [0.4, 0.5) is 0 Å². The molecule has 0 aromatic heterocycles. The zero-order valence-corrected chi connectivity index (χ0v) is 12.0. The van der Waals surface area contributed by atoms with Gasteiger partial charge in [-0.05, 0) is 36.8 Å². The van der Waals surface area contributed by atoms with E-state index in [1.165, 1.54) is 5.56 Å². The van der Waals surface area contributed by atoms with Gasteiger partial charge in [0.05, 0.1) is 4.90 Å². The number of hydrogen-bond acceptors (Lipinski definition) is 3. The maximum atomic E-state index is 5.60. The minimum Gasteiger partial charge on any atom is -0.408 e. The molecule has 2 aromatic carbocycles. The van der Waals surface area contributed by atoms with E-state index in [9.17, 15) is 0 Å². The summed E-state index contributed by atoms with van der Waals surface area (Å²) in [7, 11) is 0. The highest BCUT2D eigenvalue weighted by Gasteiger charge is 2.00. The Kier molecular flexibility index (Phi) is 5.79. The van der Waals surface area contributed by atoms with E-state index in [-0.39, 0.29) is 0 Å². The molecule has 0 saturated heterocycles. The van der Waals surface area contributed by atoms with Crippen LogP contribution in [0.2, 0.25) is 0 Å². The third-order valence-electron chi connectivity index (χ3n) is 2.84. The largest absolute Gasteiger partial charge is 0.408 e. The molecule has 0 bridgehead atoms. The lowest BCUT2D eigenvalue weighted by Crippen LogP contribution is -2.20. The van der Waals surface area contributed by atoms with E-state index in [1.54, 1.807) is 11.8 Å². The Bertz CT molecular complexity index is 487. The third-order valence-corrected chi connectivity index (χ3v) is 3.62. The molecule has 0 saturated carbocycles. The third kappa shape index (κ3) is 4.62. The lowest BCUT2D eigenvalue weighted by molar-refractivity contribution is 0.189. The van der Waals surface area contributed by atoms with Crippen LogP contribution in [0.15, 0.2) is 59.5 Å². The fourth-order valence-corrected chi connectivity index (χ4v) is 2.37. The second-order valence-electron chi connectivity index (χ2n) is 4.24. The molecule has 0 spiro atoms. The maximum absolute atomic E-state index is 5.60. The summed E-state index contributed by atoms with van der Waals surface area (Å²) in [6.07, 6.45) is 4.18. The van der Waals surface area contributed by atoms with Crippen molar-refractivity contribution in [1.82, 2.24) is 5.48 Å². The van der Waals surface area contributed by atoms with Gasteiger partial charge in [-0.3, -0.25) is 0 Å². The van der Waals surface area contributed by atoms with Crippen LogP contribution >= 0.6 is 11.8 Å². The molecule has 2 nitrogen and oxygen atoms in total. The van der Waals surface area contributed by atoms with Crippen LogP contribution in [0, 0.1) is 0 Å². The number of thioether (sulfide) groups is 1.